The van der Waals surface area contributed by atoms with Crippen molar-refractivity contribution in [2.24, 2.45) is 0 Å². The van der Waals surface area contributed by atoms with Gasteiger partial charge >= 0.3 is 0 Å². The molecule has 0 saturated carbocycles. The van der Waals surface area contributed by atoms with Gasteiger partial charge in [0.15, 0.2) is 11.5 Å². The van der Waals surface area contributed by atoms with Gasteiger partial charge in [0.2, 0.25) is 5.75 Å². The van der Waals surface area contributed by atoms with Crippen LogP contribution in [0.4, 0.5) is 0 Å². The maximum atomic E-state index is 5.36. The molecule has 0 aromatic heterocycles. The monoisotopic (exact) mass is 369 g/mol. The van der Waals surface area contributed by atoms with Gasteiger partial charge in [0.25, 0.3) is 0 Å². The SMILES string of the molecule is C=C(/C=C\C=C/NCCCC(=C)C)/C=C/c1cc(OC)c(OC)c(OC)c1. The van der Waals surface area contributed by atoms with Crippen LogP contribution < -0.4 is 19.5 Å². The molecule has 1 rings (SSSR count). The van der Waals surface area contributed by atoms with E-state index in [0.717, 1.165) is 30.5 Å². The van der Waals surface area contributed by atoms with Gasteiger partial charge in [-0.1, -0.05) is 36.5 Å². The molecular weight excluding hydrogens is 338 g/mol. The fourth-order valence-corrected chi connectivity index (χ4v) is 2.33. The minimum Gasteiger partial charge on any atom is -0.493 e. The quantitative estimate of drug-likeness (QED) is 0.308. The summed E-state index contributed by atoms with van der Waals surface area (Å²) in [5, 5.41) is 3.25. The van der Waals surface area contributed by atoms with Crippen LogP contribution in [0.15, 0.2) is 66.9 Å². The molecule has 0 amide bonds. The van der Waals surface area contributed by atoms with E-state index in [1.165, 1.54) is 5.57 Å². The van der Waals surface area contributed by atoms with Crippen LogP contribution in [0.5, 0.6) is 17.2 Å². The van der Waals surface area contributed by atoms with E-state index in [9.17, 15) is 0 Å². The Kier molecular flexibility index (Phi) is 10.2. The van der Waals surface area contributed by atoms with Gasteiger partial charge in [0.1, 0.15) is 0 Å². The molecule has 0 aliphatic rings. The number of methoxy groups -OCH3 is 3. The third-order valence-electron chi connectivity index (χ3n) is 3.74. The Balaban J connectivity index is 2.59. The van der Waals surface area contributed by atoms with Crippen LogP contribution in [0, 0.1) is 0 Å². The summed E-state index contributed by atoms with van der Waals surface area (Å²) in [4.78, 5) is 0. The summed E-state index contributed by atoms with van der Waals surface area (Å²) in [5.74, 6) is 1.83. The predicted octanol–water partition coefficient (Wildman–Crippen LogP) is 5.30. The molecule has 0 bridgehead atoms. The molecule has 0 aliphatic carbocycles. The molecule has 0 radical (unpaired) electrons. The summed E-state index contributed by atoms with van der Waals surface area (Å²) in [6.45, 7) is 10.9. The van der Waals surface area contributed by atoms with E-state index in [-0.39, 0.29) is 0 Å². The lowest BCUT2D eigenvalue weighted by atomic mass is 10.1. The Morgan fingerprint density at radius 3 is 2.22 bits per heavy atom. The Morgan fingerprint density at radius 1 is 1.00 bits per heavy atom. The highest BCUT2D eigenvalue weighted by molar-refractivity contribution is 5.63. The highest BCUT2D eigenvalue weighted by Gasteiger charge is 2.11. The predicted molar refractivity (Wildman–Crippen MR) is 115 cm³/mol. The summed E-state index contributed by atoms with van der Waals surface area (Å²) < 4.78 is 16.1. The molecule has 0 heterocycles. The second-order valence-electron chi connectivity index (χ2n) is 6.10. The van der Waals surface area contributed by atoms with Gasteiger partial charge in [0.05, 0.1) is 21.3 Å². The molecule has 0 aliphatic heterocycles. The van der Waals surface area contributed by atoms with E-state index in [0.29, 0.717) is 17.2 Å². The lowest BCUT2D eigenvalue weighted by Gasteiger charge is -2.12. The topological polar surface area (TPSA) is 39.7 Å². The molecule has 0 atom stereocenters. The molecule has 4 heteroatoms. The molecule has 1 aromatic carbocycles. The van der Waals surface area contributed by atoms with Crippen molar-refractivity contribution in [3.05, 3.63) is 72.5 Å². The van der Waals surface area contributed by atoms with Gasteiger partial charge < -0.3 is 19.5 Å². The molecule has 0 spiro atoms. The number of allylic oxidation sites excluding steroid dienone is 6. The number of ether oxygens (including phenoxy) is 3. The summed E-state index contributed by atoms with van der Waals surface area (Å²) in [6, 6.07) is 3.78. The van der Waals surface area contributed by atoms with E-state index >= 15 is 0 Å². The minimum atomic E-state index is 0.580. The minimum absolute atomic E-state index is 0.580. The lowest BCUT2D eigenvalue weighted by Crippen LogP contribution is -2.06. The Hall–Kier alpha value is -2.88. The average molecular weight is 370 g/mol. The maximum absolute atomic E-state index is 5.36. The van der Waals surface area contributed by atoms with Crippen molar-refractivity contribution in [1.82, 2.24) is 5.32 Å². The normalized spacial score (nSPS) is 11.3. The number of nitrogens with one attached hydrogen (secondary N) is 1. The van der Waals surface area contributed by atoms with Crippen molar-refractivity contribution in [3.63, 3.8) is 0 Å². The number of hydrogen-bond acceptors (Lipinski definition) is 4. The summed E-state index contributed by atoms with van der Waals surface area (Å²) >= 11 is 0. The average Bonchev–Trinajstić information content (AvgIpc) is 2.67. The van der Waals surface area contributed by atoms with E-state index < -0.39 is 0 Å². The van der Waals surface area contributed by atoms with Gasteiger partial charge in [0, 0.05) is 6.54 Å². The Labute approximate surface area is 163 Å². The fourth-order valence-electron chi connectivity index (χ4n) is 2.33. The van der Waals surface area contributed by atoms with Gasteiger partial charge in [-0.15, -0.1) is 6.58 Å². The van der Waals surface area contributed by atoms with Crippen molar-refractivity contribution in [1.29, 1.82) is 0 Å². The zero-order valence-electron chi connectivity index (χ0n) is 16.9. The van der Waals surface area contributed by atoms with E-state index in [1.807, 2.05) is 48.7 Å². The van der Waals surface area contributed by atoms with Crippen molar-refractivity contribution in [2.75, 3.05) is 27.9 Å². The van der Waals surface area contributed by atoms with Crippen LogP contribution in [-0.4, -0.2) is 27.9 Å². The standard InChI is InChI=1S/C23H31NO3/c1-18(2)10-9-15-24-14-8-7-11-19(3)12-13-20-16-21(25-4)23(27-6)22(17-20)26-5/h7-8,11-14,16-17,24H,1,3,9-10,15H2,2,4-6H3/b11-7-,13-12+,14-8-. The van der Waals surface area contributed by atoms with Crippen molar-refractivity contribution < 1.29 is 14.2 Å². The van der Waals surface area contributed by atoms with E-state index in [1.54, 1.807) is 21.3 Å². The molecule has 146 valence electrons. The molecule has 1 aromatic rings. The highest BCUT2D eigenvalue weighted by atomic mass is 16.5. The maximum Gasteiger partial charge on any atom is 0.203 e. The van der Waals surface area contributed by atoms with E-state index in [2.05, 4.69) is 25.4 Å². The smallest absolute Gasteiger partial charge is 0.203 e. The van der Waals surface area contributed by atoms with Crippen molar-refractivity contribution in [3.8, 4) is 17.2 Å². The number of hydrogen-bond donors (Lipinski definition) is 1. The van der Waals surface area contributed by atoms with Crippen LogP contribution >= 0.6 is 0 Å². The van der Waals surface area contributed by atoms with E-state index in [4.69, 9.17) is 14.2 Å². The first kappa shape index (κ1) is 22.2. The third-order valence-corrected chi connectivity index (χ3v) is 3.74. The zero-order valence-corrected chi connectivity index (χ0v) is 16.9. The zero-order chi connectivity index (χ0) is 20.1. The molecule has 4 nitrogen and oxygen atoms in total. The van der Waals surface area contributed by atoms with Gasteiger partial charge in [-0.3, -0.25) is 0 Å². The molecule has 1 N–H and O–H groups in total. The fraction of sp³-hybridized carbons (Fsp3) is 0.304. The highest BCUT2D eigenvalue weighted by Crippen LogP contribution is 2.38. The first-order chi connectivity index (χ1) is 13.0. The summed E-state index contributed by atoms with van der Waals surface area (Å²) in [7, 11) is 4.79. The van der Waals surface area contributed by atoms with Crippen LogP contribution in [0.25, 0.3) is 6.08 Å². The van der Waals surface area contributed by atoms with Gasteiger partial charge in [-0.05, 0) is 55.3 Å². The van der Waals surface area contributed by atoms with Crippen LogP contribution in [-0.2, 0) is 0 Å². The van der Waals surface area contributed by atoms with Gasteiger partial charge in [-0.25, -0.2) is 0 Å². The first-order valence-corrected chi connectivity index (χ1v) is 8.89. The summed E-state index contributed by atoms with van der Waals surface area (Å²) in [6.07, 6.45) is 13.8. The van der Waals surface area contributed by atoms with Gasteiger partial charge in [-0.2, -0.15) is 0 Å². The van der Waals surface area contributed by atoms with Crippen LogP contribution in [0.2, 0.25) is 0 Å². The Morgan fingerprint density at radius 2 is 1.67 bits per heavy atom. The summed E-state index contributed by atoms with van der Waals surface area (Å²) in [5.41, 5.74) is 3.04. The molecule has 0 saturated heterocycles. The lowest BCUT2D eigenvalue weighted by molar-refractivity contribution is 0.324. The molecule has 27 heavy (non-hydrogen) atoms. The molecule has 0 unspecified atom stereocenters. The van der Waals surface area contributed by atoms with Crippen LogP contribution in [0.3, 0.4) is 0 Å². The molecule has 0 fully saturated rings. The molecular formula is C23H31NO3. The second-order valence-corrected chi connectivity index (χ2v) is 6.10. The number of benzene rings is 1. The van der Waals surface area contributed by atoms with Crippen LogP contribution in [0.1, 0.15) is 25.3 Å². The largest absolute Gasteiger partial charge is 0.493 e. The third kappa shape index (κ3) is 8.36. The second kappa shape index (κ2) is 12.5. The Bertz CT molecular complexity index is 689. The van der Waals surface area contributed by atoms with Crippen molar-refractivity contribution in [2.45, 2.75) is 19.8 Å². The first-order valence-electron chi connectivity index (χ1n) is 8.89. The number of rotatable bonds is 12. The van der Waals surface area contributed by atoms with Crippen molar-refractivity contribution >= 4 is 6.08 Å².